The van der Waals surface area contributed by atoms with Crippen LogP contribution in [0.4, 0.5) is 5.69 Å². The molecule has 1 rings (SSSR count). The Balaban J connectivity index is 2.51. The minimum atomic E-state index is 0.0380. The van der Waals surface area contributed by atoms with E-state index in [1.165, 1.54) is 0 Å². The molecule has 4 nitrogen and oxygen atoms in total. The van der Waals surface area contributed by atoms with E-state index in [0.717, 1.165) is 30.8 Å². The van der Waals surface area contributed by atoms with Crippen LogP contribution in [0.5, 0.6) is 0 Å². The third kappa shape index (κ3) is 5.29. The lowest BCUT2D eigenvalue weighted by Crippen LogP contribution is -2.17. The summed E-state index contributed by atoms with van der Waals surface area (Å²) in [5.41, 5.74) is 2.00. The van der Waals surface area contributed by atoms with Crippen molar-refractivity contribution in [2.75, 3.05) is 25.6 Å². The van der Waals surface area contributed by atoms with E-state index >= 15 is 0 Å². The van der Waals surface area contributed by atoms with Crippen LogP contribution in [0.1, 0.15) is 25.3 Å². The van der Waals surface area contributed by atoms with Gasteiger partial charge in [-0.3, -0.25) is 4.79 Å². The SMILES string of the molecule is CCNCc1ccccc1NC(=O)CCCOC. The number of rotatable bonds is 8. The first-order valence-electron chi connectivity index (χ1n) is 6.35. The molecule has 0 bridgehead atoms. The molecule has 0 radical (unpaired) electrons. The van der Waals surface area contributed by atoms with Crippen molar-refractivity contribution in [2.24, 2.45) is 0 Å². The van der Waals surface area contributed by atoms with E-state index in [1.807, 2.05) is 24.3 Å². The topological polar surface area (TPSA) is 50.4 Å². The van der Waals surface area contributed by atoms with Gasteiger partial charge in [-0.2, -0.15) is 0 Å². The van der Waals surface area contributed by atoms with Crippen molar-refractivity contribution in [3.8, 4) is 0 Å². The number of hydrogen-bond acceptors (Lipinski definition) is 3. The summed E-state index contributed by atoms with van der Waals surface area (Å²) in [4.78, 5) is 11.7. The number of amides is 1. The second-order valence-electron chi connectivity index (χ2n) is 4.08. The molecule has 18 heavy (non-hydrogen) atoms. The molecular formula is C14H22N2O2. The molecule has 0 unspecified atom stereocenters. The van der Waals surface area contributed by atoms with Crippen LogP contribution in [0.2, 0.25) is 0 Å². The van der Waals surface area contributed by atoms with Crippen molar-refractivity contribution >= 4 is 11.6 Å². The molecule has 0 aliphatic rings. The van der Waals surface area contributed by atoms with Gasteiger partial charge in [0, 0.05) is 32.4 Å². The van der Waals surface area contributed by atoms with E-state index in [9.17, 15) is 4.79 Å². The molecule has 100 valence electrons. The minimum Gasteiger partial charge on any atom is -0.385 e. The summed E-state index contributed by atoms with van der Waals surface area (Å²) in [5, 5.41) is 6.20. The van der Waals surface area contributed by atoms with Crippen molar-refractivity contribution in [1.29, 1.82) is 0 Å². The van der Waals surface area contributed by atoms with Gasteiger partial charge in [0.05, 0.1) is 0 Å². The van der Waals surface area contributed by atoms with Crippen LogP contribution in [-0.4, -0.2) is 26.2 Å². The van der Waals surface area contributed by atoms with E-state index in [2.05, 4.69) is 17.6 Å². The highest BCUT2D eigenvalue weighted by Gasteiger charge is 2.05. The normalized spacial score (nSPS) is 10.3. The zero-order chi connectivity index (χ0) is 13.2. The average molecular weight is 250 g/mol. The number of methoxy groups -OCH3 is 1. The van der Waals surface area contributed by atoms with E-state index in [-0.39, 0.29) is 5.91 Å². The Labute approximate surface area is 109 Å². The molecule has 1 aromatic rings. The summed E-state index contributed by atoms with van der Waals surface area (Å²) in [6.45, 7) is 4.36. The van der Waals surface area contributed by atoms with Crippen LogP contribution in [0.25, 0.3) is 0 Å². The Morgan fingerprint density at radius 3 is 2.83 bits per heavy atom. The smallest absolute Gasteiger partial charge is 0.224 e. The van der Waals surface area contributed by atoms with E-state index in [0.29, 0.717) is 13.0 Å². The minimum absolute atomic E-state index is 0.0380. The highest BCUT2D eigenvalue weighted by Crippen LogP contribution is 2.15. The summed E-state index contributed by atoms with van der Waals surface area (Å²) >= 11 is 0. The maximum absolute atomic E-state index is 11.7. The van der Waals surface area contributed by atoms with Crippen LogP contribution in [-0.2, 0) is 16.1 Å². The van der Waals surface area contributed by atoms with Gasteiger partial charge in [0.25, 0.3) is 0 Å². The van der Waals surface area contributed by atoms with Crippen molar-refractivity contribution in [1.82, 2.24) is 5.32 Å². The molecule has 0 spiro atoms. The lowest BCUT2D eigenvalue weighted by atomic mass is 10.1. The van der Waals surface area contributed by atoms with Crippen LogP contribution >= 0.6 is 0 Å². The van der Waals surface area contributed by atoms with Crippen LogP contribution in [0, 0.1) is 0 Å². The van der Waals surface area contributed by atoms with Gasteiger partial charge in [0.1, 0.15) is 0 Å². The Bertz CT molecular complexity index is 367. The van der Waals surface area contributed by atoms with Crippen molar-refractivity contribution in [3.63, 3.8) is 0 Å². The zero-order valence-electron chi connectivity index (χ0n) is 11.2. The number of anilines is 1. The predicted molar refractivity (Wildman–Crippen MR) is 73.6 cm³/mol. The third-order valence-corrected chi connectivity index (χ3v) is 2.61. The number of benzene rings is 1. The Hall–Kier alpha value is -1.39. The molecule has 0 fully saturated rings. The Morgan fingerprint density at radius 1 is 1.33 bits per heavy atom. The van der Waals surface area contributed by atoms with Crippen molar-refractivity contribution in [2.45, 2.75) is 26.3 Å². The third-order valence-electron chi connectivity index (χ3n) is 2.61. The second kappa shape index (κ2) is 8.66. The van der Waals surface area contributed by atoms with Gasteiger partial charge in [-0.15, -0.1) is 0 Å². The van der Waals surface area contributed by atoms with Crippen molar-refractivity contribution in [3.05, 3.63) is 29.8 Å². The molecule has 1 amide bonds. The van der Waals surface area contributed by atoms with E-state index in [4.69, 9.17) is 4.74 Å². The number of nitrogens with one attached hydrogen (secondary N) is 2. The first kappa shape index (κ1) is 14.7. The molecule has 0 aromatic heterocycles. The number of ether oxygens (including phenoxy) is 1. The molecule has 0 saturated heterocycles. The maximum atomic E-state index is 11.7. The second-order valence-corrected chi connectivity index (χ2v) is 4.08. The molecule has 0 aliphatic heterocycles. The monoisotopic (exact) mass is 250 g/mol. The lowest BCUT2D eigenvalue weighted by molar-refractivity contribution is -0.116. The van der Waals surface area contributed by atoms with Crippen molar-refractivity contribution < 1.29 is 9.53 Å². The Morgan fingerprint density at radius 2 is 2.11 bits per heavy atom. The molecule has 0 aliphatic carbocycles. The van der Waals surface area contributed by atoms with Gasteiger partial charge in [0.15, 0.2) is 0 Å². The Kier molecular flexibility index (Phi) is 7.06. The highest BCUT2D eigenvalue weighted by atomic mass is 16.5. The van der Waals surface area contributed by atoms with Crippen LogP contribution < -0.4 is 10.6 Å². The fourth-order valence-electron chi connectivity index (χ4n) is 1.65. The predicted octanol–water partition coefficient (Wildman–Crippen LogP) is 2.16. The van der Waals surface area contributed by atoms with E-state index < -0.39 is 0 Å². The quantitative estimate of drug-likeness (QED) is 0.695. The molecule has 2 N–H and O–H groups in total. The summed E-state index contributed by atoms with van der Waals surface area (Å²) in [7, 11) is 1.64. The number of hydrogen-bond donors (Lipinski definition) is 2. The summed E-state index contributed by atoms with van der Waals surface area (Å²) in [6.07, 6.45) is 1.24. The van der Waals surface area contributed by atoms with Gasteiger partial charge in [0.2, 0.25) is 5.91 Å². The molecule has 1 aromatic carbocycles. The molecule has 4 heteroatoms. The van der Waals surface area contributed by atoms with Gasteiger partial charge >= 0.3 is 0 Å². The largest absolute Gasteiger partial charge is 0.385 e. The zero-order valence-corrected chi connectivity index (χ0v) is 11.2. The molecule has 0 heterocycles. The van der Waals surface area contributed by atoms with Crippen LogP contribution in [0.15, 0.2) is 24.3 Å². The van der Waals surface area contributed by atoms with Crippen LogP contribution in [0.3, 0.4) is 0 Å². The standard InChI is InChI=1S/C14H22N2O2/c1-3-15-11-12-7-4-5-8-13(12)16-14(17)9-6-10-18-2/h4-5,7-8,15H,3,6,9-11H2,1-2H3,(H,16,17). The van der Waals surface area contributed by atoms with Gasteiger partial charge < -0.3 is 15.4 Å². The molecule has 0 saturated carbocycles. The lowest BCUT2D eigenvalue weighted by Gasteiger charge is -2.11. The number of carbonyl (C=O) groups is 1. The fraction of sp³-hybridized carbons (Fsp3) is 0.500. The number of carbonyl (C=O) groups excluding carboxylic acids is 1. The summed E-state index contributed by atoms with van der Waals surface area (Å²) in [6, 6.07) is 7.86. The first-order valence-corrected chi connectivity index (χ1v) is 6.35. The fourth-order valence-corrected chi connectivity index (χ4v) is 1.65. The first-order chi connectivity index (χ1) is 8.77. The van der Waals surface area contributed by atoms with Gasteiger partial charge in [-0.25, -0.2) is 0 Å². The maximum Gasteiger partial charge on any atom is 0.224 e. The van der Waals surface area contributed by atoms with Gasteiger partial charge in [-0.05, 0) is 24.6 Å². The number of para-hydroxylation sites is 1. The molecule has 0 atom stereocenters. The molecular weight excluding hydrogens is 228 g/mol. The van der Waals surface area contributed by atoms with Gasteiger partial charge in [-0.1, -0.05) is 25.1 Å². The van der Waals surface area contributed by atoms with E-state index in [1.54, 1.807) is 7.11 Å². The average Bonchev–Trinajstić information content (AvgIpc) is 2.38. The highest BCUT2D eigenvalue weighted by molar-refractivity contribution is 5.91. The summed E-state index contributed by atoms with van der Waals surface area (Å²) < 4.78 is 4.93. The summed E-state index contributed by atoms with van der Waals surface area (Å²) in [5.74, 6) is 0.0380.